The van der Waals surface area contributed by atoms with E-state index in [4.69, 9.17) is 4.74 Å². The second-order valence-electron chi connectivity index (χ2n) is 8.18. The van der Waals surface area contributed by atoms with E-state index in [1.165, 1.54) is 0 Å². The fourth-order valence-electron chi connectivity index (χ4n) is 4.63. The molecule has 1 aromatic carbocycles. The number of carbonyl (C=O) groups is 2. The van der Waals surface area contributed by atoms with Crippen molar-refractivity contribution < 1.29 is 19.4 Å². The van der Waals surface area contributed by atoms with E-state index in [2.05, 4.69) is 10.2 Å². The summed E-state index contributed by atoms with van der Waals surface area (Å²) in [5.74, 6) is 0.127. The summed E-state index contributed by atoms with van der Waals surface area (Å²) in [4.78, 5) is 29.5. The molecule has 0 aromatic heterocycles. The van der Waals surface area contributed by atoms with Gasteiger partial charge >= 0.3 is 0 Å². The van der Waals surface area contributed by atoms with E-state index >= 15 is 0 Å². The summed E-state index contributed by atoms with van der Waals surface area (Å²) in [6.45, 7) is 4.49. The maximum atomic E-state index is 12.9. The largest absolute Gasteiger partial charge is 0.391 e. The molecule has 4 rings (SSSR count). The van der Waals surface area contributed by atoms with Gasteiger partial charge in [0, 0.05) is 26.2 Å². The van der Waals surface area contributed by atoms with Crippen LogP contribution in [-0.2, 0) is 14.3 Å². The number of amides is 2. The first-order valence-corrected chi connectivity index (χ1v) is 10.2. The highest BCUT2D eigenvalue weighted by molar-refractivity contribution is 5.85. The predicted molar refractivity (Wildman–Crippen MR) is 103 cm³/mol. The molecule has 3 aliphatic heterocycles. The number of hydrogen-bond donors (Lipinski definition) is 2. The molecule has 2 N–H and O–H groups in total. The number of benzene rings is 1. The Labute approximate surface area is 165 Å². The molecule has 3 fully saturated rings. The zero-order valence-electron chi connectivity index (χ0n) is 16.2. The highest BCUT2D eigenvalue weighted by atomic mass is 16.5. The summed E-state index contributed by atoms with van der Waals surface area (Å²) in [6, 6.07) is 9.25. The number of piperidine rings is 2. The number of morpholine rings is 1. The zero-order valence-corrected chi connectivity index (χ0v) is 16.2. The standard InChI is InChI=1S/C21H29N3O4/c25-17-14-21(20(27)22-19(17)16-4-2-1-3-5-16)6-8-24(9-7-21)18(26)15-23-10-12-28-13-11-23/h1-5,17,19,25H,6-15H2,(H,22,27)/t17-,19+/m1/s1. The van der Waals surface area contributed by atoms with Gasteiger partial charge in [0.05, 0.1) is 37.3 Å². The summed E-state index contributed by atoms with van der Waals surface area (Å²) in [7, 11) is 0. The van der Waals surface area contributed by atoms with Crippen molar-refractivity contribution in [2.75, 3.05) is 45.9 Å². The third-order valence-corrected chi connectivity index (χ3v) is 6.45. The molecule has 1 aromatic rings. The van der Waals surface area contributed by atoms with Crippen LogP contribution < -0.4 is 5.32 Å². The molecule has 1 spiro atoms. The van der Waals surface area contributed by atoms with E-state index in [1.54, 1.807) is 0 Å². The second-order valence-corrected chi connectivity index (χ2v) is 8.18. The Bertz CT molecular complexity index is 697. The molecule has 0 unspecified atom stereocenters. The molecule has 3 aliphatic rings. The van der Waals surface area contributed by atoms with Crippen molar-refractivity contribution in [3.63, 3.8) is 0 Å². The van der Waals surface area contributed by atoms with Gasteiger partial charge in [-0.05, 0) is 24.8 Å². The molecule has 7 heteroatoms. The third-order valence-electron chi connectivity index (χ3n) is 6.45. The van der Waals surface area contributed by atoms with E-state index in [9.17, 15) is 14.7 Å². The highest BCUT2D eigenvalue weighted by Gasteiger charge is 2.49. The Balaban J connectivity index is 1.34. The topological polar surface area (TPSA) is 82.1 Å². The van der Waals surface area contributed by atoms with Crippen molar-refractivity contribution in [1.29, 1.82) is 0 Å². The van der Waals surface area contributed by atoms with Crippen molar-refractivity contribution in [1.82, 2.24) is 15.1 Å². The zero-order chi connectivity index (χ0) is 19.6. The number of ether oxygens (including phenoxy) is 1. The van der Waals surface area contributed by atoms with Crippen molar-refractivity contribution in [2.45, 2.75) is 31.4 Å². The van der Waals surface area contributed by atoms with E-state index in [-0.39, 0.29) is 17.9 Å². The molecular weight excluding hydrogens is 358 g/mol. The van der Waals surface area contributed by atoms with Crippen LogP contribution in [-0.4, -0.2) is 78.8 Å². The number of nitrogens with one attached hydrogen (secondary N) is 1. The Morgan fingerprint density at radius 1 is 1.14 bits per heavy atom. The normalized spacial score (nSPS) is 28.2. The van der Waals surface area contributed by atoms with Crippen molar-refractivity contribution in [2.24, 2.45) is 5.41 Å². The average molecular weight is 387 g/mol. The lowest BCUT2D eigenvalue weighted by Crippen LogP contribution is -2.58. The van der Waals surface area contributed by atoms with Gasteiger partial charge in [0.2, 0.25) is 11.8 Å². The summed E-state index contributed by atoms with van der Waals surface area (Å²) in [5.41, 5.74) is 0.358. The maximum absolute atomic E-state index is 12.9. The van der Waals surface area contributed by atoms with Gasteiger partial charge in [-0.25, -0.2) is 0 Å². The average Bonchev–Trinajstić information content (AvgIpc) is 2.72. The van der Waals surface area contributed by atoms with Crippen LogP contribution in [0.5, 0.6) is 0 Å². The smallest absolute Gasteiger partial charge is 0.236 e. The molecule has 3 heterocycles. The van der Waals surface area contributed by atoms with Gasteiger partial charge in [-0.3, -0.25) is 14.5 Å². The first-order chi connectivity index (χ1) is 13.6. The van der Waals surface area contributed by atoms with Crippen molar-refractivity contribution in [3.05, 3.63) is 35.9 Å². The summed E-state index contributed by atoms with van der Waals surface area (Å²) in [5, 5.41) is 13.8. The van der Waals surface area contributed by atoms with Crippen LogP contribution in [0.2, 0.25) is 0 Å². The quantitative estimate of drug-likeness (QED) is 0.792. The van der Waals surface area contributed by atoms with Gasteiger partial charge in [-0.1, -0.05) is 30.3 Å². The lowest BCUT2D eigenvalue weighted by Gasteiger charge is -2.47. The van der Waals surface area contributed by atoms with E-state index in [0.717, 1.165) is 18.7 Å². The van der Waals surface area contributed by atoms with Crippen LogP contribution in [0.4, 0.5) is 0 Å². The fourth-order valence-corrected chi connectivity index (χ4v) is 4.63. The first kappa shape index (κ1) is 19.4. The molecule has 0 saturated carbocycles. The minimum absolute atomic E-state index is 0.00642. The maximum Gasteiger partial charge on any atom is 0.236 e. The number of rotatable bonds is 3. The molecule has 152 valence electrons. The molecule has 2 atom stereocenters. The van der Waals surface area contributed by atoms with Gasteiger partial charge in [0.1, 0.15) is 0 Å². The molecule has 0 radical (unpaired) electrons. The molecule has 0 aliphatic carbocycles. The van der Waals surface area contributed by atoms with Gasteiger partial charge in [0.15, 0.2) is 0 Å². The monoisotopic (exact) mass is 387 g/mol. The van der Waals surface area contributed by atoms with Gasteiger partial charge < -0.3 is 20.1 Å². The first-order valence-electron chi connectivity index (χ1n) is 10.2. The number of hydrogen-bond acceptors (Lipinski definition) is 5. The third kappa shape index (κ3) is 3.92. The Morgan fingerprint density at radius 3 is 2.50 bits per heavy atom. The van der Waals surface area contributed by atoms with Gasteiger partial charge in [-0.15, -0.1) is 0 Å². The summed E-state index contributed by atoms with van der Waals surface area (Å²) in [6.07, 6.45) is 1.04. The number of carbonyl (C=O) groups excluding carboxylic acids is 2. The van der Waals surface area contributed by atoms with Gasteiger partial charge in [-0.2, -0.15) is 0 Å². The second kappa shape index (κ2) is 8.19. The minimum atomic E-state index is -0.615. The van der Waals surface area contributed by atoms with E-state index in [1.807, 2.05) is 35.2 Å². The summed E-state index contributed by atoms with van der Waals surface area (Å²) >= 11 is 0. The Hall–Kier alpha value is -1.96. The molecule has 7 nitrogen and oxygen atoms in total. The van der Waals surface area contributed by atoms with E-state index < -0.39 is 11.5 Å². The van der Waals surface area contributed by atoms with Crippen LogP contribution in [0.25, 0.3) is 0 Å². The minimum Gasteiger partial charge on any atom is -0.391 e. The molecule has 28 heavy (non-hydrogen) atoms. The Kier molecular flexibility index (Phi) is 5.66. The van der Waals surface area contributed by atoms with Crippen LogP contribution in [0, 0.1) is 5.41 Å². The lowest BCUT2D eigenvalue weighted by molar-refractivity contribution is -0.148. The van der Waals surface area contributed by atoms with Crippen LogP contribution in [0.3, 0.4) is 0 Å². The van der Waals surface area contributed by atoms with Crippen LogP contribution in [0.15, 0.2) is 30.3 Å². The van der Waals surface area contributed by atoms with Gasteiger partial charge in [0.25, 0.3) is 0 Å². The number of aliphatic hydroxyl groups is 1. The van der Waals surface area contributed by atoms with Crippen LogP contribution in [0.1, 0.15) is 30.9 Å². The van der Waals surface area contributed by atoms with Crippen molar-refractivity contribution in [3.8, 4) is 0 Å². The SMILES string of the molecule is O=C(CN1CCOCC1)N1CCC2(CC1)C[C@@H](O)[C@H](c1ccccc1)NC2=O. The number of aliphatic hydroxyl groups excluding tert-OH is 1. The molecule has 3 saturated heterocycles. The summed E-state index contributed by atoms with van der Waals surface area (Å²) < 4.78 is 5.33. The molecule has 0 bridgehead atoms. The Morgan fingerprint density at radius 2 is 1.82 bits per heavy atom. The van der Waals surface area contributed by atoms with Crippen molar-refractivity contribution >= 4 is 11.8 Å². The highest BCUT2D eigenvalue weighted by Crippen LogP contribution is 2.42. The lowest BCUT2D eigenvalue weighted by atomic mass is 9.69. The fraction of sp³-hybridized carbons (Fsp3) is 0.619. The van der Waals surface area contributed by atoms with E-state index in [0.29, 0.717) is 52.1 Å². The predicted octanol–water partition coefficient (Wildman–Crippen LogP) is 0.550. The molecular formula is C21H29N3O4. The molecule has 2 amide bonds. The number of nitrogens with zero attached hydrogens (tertiary/aromatic N) is 2. The number of likely N-dealkylation sites (tertiary alicyclic amines) is 1. The van der Waals surface area contributed by atoms with Crippen LogP contribution >= 0.6 is 0 Å².